The quantitative estimate of drug-likeness (QED) is 0.789. The smallest absolute Gasteiger partial charge is 0.222 e. The summed E-state index contributed by atoms with van der Waals surface area (Å²) in [4.78, 5) is 25.4. The van der Waals surface area contributed by atoms with Gasteiger partial charge in [0.25, 0.3) is 0 Å². The average Bonchev–Trinajstić information content (AvgIpc) is 3.22. The van der Waals surface area contributed by atoms with Gasteiger partial charge in [-0.25, -0.2) is 9.97 Å². The number of carbonyl (C=O) groups is 1. The van der Waals surface area contributed by atoms with Crippen LogP contribution >= 0.6 is 0 Å². The molecule has 3 heterocycles. The molecule has 1 aromatic heterocycles. The van der Waals surface area contributed by atoms with E-state index in [1.165, 1.54) is 0 Å². The Hall–Kier alpha value is -2.87. The highest BCUT2D eigenvalue weighted by atomic mass is 16.6. The van der Waals surface area contributed by atoms with Gasteiger partial charge in [-0.05, 0) is 43.7 Å². The van der Waals surface area contributed by atoms with Crippen LogP contribution in [-0.2, 0) is 17.8 Å². The van der Waals surface area contributed by atoms with Crippen molar-refractivity contribution >= 4 is 11.7 Å². The molecule has 154 valence electrons. The van der Waals surface area contributed by atoms with Gasteiger partial charge in [-0.2, -0.15) is 0 Å². The van der Waals surface area contributed by atoms with Gasteiger partial charge in [0.1, 0.15) is 24.9 Å². The van der Waals surface area contributed by atoms with Gasteiger partial charge in [-0.1, -0.05) is 6.07 Å². The first-order valence-corrected chi connectivity index (χ1v) is 10.0. The Balaban J connectivity index is 1.27. The second-order valence-electron chi connectivity index (χ2n) is 7.57. The van der Waals surface area contributed by atoms with E-state index >= 15 is 0 Å². The molecule has 1 amide bonds. The summed E-state index contributed by atoms with van der Waals surface area (Å²) in [7, 11) is 2.04. The molecule has 8 nitrogen and oxygen atoms in total. The van der Waals surface area contributed by atoms with Crippen LogP contribution in [0.1, 0.15) is 24.2 Å². The van der Waals surface area contributed by atoms with E-state index in [9.17, 15) is 4.79 Å². The van der Waals surface area contributed by atoms with E-state index in [2.05, 4.69) is 14.9 Å². The topological polar surface area (TPSA) is 93.8 Å². The molecule has 1 aromatic carbocycles. The Labute approximate surface area is 170 Å². The lowest BCUT2D eigenvalue weighted by Gasteiger charge is -2.24. The number of rotatable bonds is 6. The number of amides is 1. The van der Waals surface area contributed by atoms with E-state index in [0.717, 1.165) is 36.6 Å². The van der Waals surface area contributed by atoms with E-state index in [1.807, 2.05) is 30.1 Å². The Morgan fingerprint density at radius 3 is 2.93 bits per heavy atom. The highest BCUT2D eigenvalue weighted by molar-refractivity contribution is 5.76. The molecular weight excluding hydrogens is 370 g/mol. The van der Waals surface area contributed by atoms with Crippen molar-refractivity contribution in [3.63, 3.8) is 0 Å². The highest BCUT2D eigenvalue weighted by Gasteiger charge is 2.29. The van der Waals surface area contributed by atoms with Crippen LogP contribution in [0.25, 0.3) is 0 Å². The van der Waals surface area contributed by atoms with Crippen LogP contribution in [0.15, 0.2) is 30.5 Å². The molecule has 0 bridgehead atoms. The van der Waals surface area contributed by atoms with Crippen LogP contribution < -0.4 is 15.2 Å². The molecule has 2 aliphatic heterocycles. The van der Waals surface area contributed by atoms with E-state index in [1.54, 1.807) is 12.3 Å². The third kappa shape index (κ3) is 4.76. The molecule has 1 unspecified atom stereocenters. The van der Waals surface area contributed by atoms with Crippen molar-refractivity contribution < 1.29 is 14.3 Å². The summed E-state index contributed by atoms with van der Waals surface area (Å²) >= 11 is 0. The molecule has 1 atom stereocenters. The van der Waals surface area contributed by atoms with Gasteiger partial charge in [0.05, 0.1) is 6.54 Å². The highest BCUT2D eigenvalue weighted by Crippen LogP contribution is 2.31. The number of likely N-dealkylation sites (N-methyl/N-ethyl adjacent to an activating group) is 1. The van der Waals surface area contributed by atoms with E-state index in [-0.39, 0.29) is 5.91 Å². The molecule has 2 aromatic rings. The number of fused-ring (bicyclic) bond motifs is 1. The lowest BCUT2D eigenvalue weighted by molar-refractivity contribution is -0.130. The Bertz CT molecular complexity index is 875. The molecule has 0 spiro atoms. The van der Waals surface area contributed by atoms with Crippen molar-refractivity contribution in [3.8, 4) is 11.5 Å². The van der Waals surface area contributed by atoms with E-state index < -0.39 is 0 Å². The number of hydrogen-bond acceptors (Lipinski definition) is 7. The third-order valence-corrected chi connectivity index (χ3v) is 5.49. The second-order valence-corrected chi connectivity index (χ2v) is 7.57. The van der Waals surface area contributed by atoms with Crippen molar-refractivity contribution in [2.75, 3.05) is 39.1 Å². The van der Waals surface area contributed by atoms with Crippen molar-refractivity contribution in [2.24, 2.45) is 0 Å². The predicted molar refractivity (Wildman–Crippen MR) is 109 cm³/mol. The summed E-state index contributed by atoms with van der Waals surface area (Å²) in [5.41, 5.74) is 6.82. The van der Waals surface area contributed by atoms with Crippen LogP contribution in [0.4, 0.5) is 5.82 Å². The number of nitrogens with zero attached hydrogens (tertiary/aromatic N) is 4. The fraction of sp³-hybridized carbons (Fsp3) is 0.476. The standard InChI is InChI=1S/C21H27N5O3/c1-25(14-20-23-8-6-19(22)24-20)16-7-9-26(13-16)21(27)5-3-15-2-4-17-18(12-15)29-11-10-28-17/h2,4,6,8,12,16H,3,5,7,9-11,13-14H2,1H3,(H2,22,23,24). The summed E-state index contributed by atoms with van der Waals surface area (Å²) in [5, 5.41) is 0. The minimum atomic E-state index is 0.191. The van der Waals surface area contributed by atoms with Crippen LogP contribution in [0, 0.1) is 0 Å². The zero-order chi connectivity index (χ0) is 20.2. The number of anilines is 1. The fourth-order valence-electron chi connectivity index (χ4n) is 3.82. The summed E-state index contributed by atoms with van der Waals surface area (Å²) in [6, 6.07) is 7.90. The molecule has 1 saturated heterocycles. The Morgan fingerprint density at radius 1 is 1.28 bits per heavy atom. The Kier molecular flexibility index (Phi) is 5.80. The van der Waals surface area contributed by atoms with Gasteiger partial charge in [-0.3, -0.25) is 9.69 Å². The normalized spacial score (nSPS) is 18.3. The molecule has 2 aliphatic rings. The molecule has 0 radical (unpaired) electrons. The summed E-state index contributed by atoms with van der Waals surface area (Å²) in [5.74, 6) is 2.92. The maximum atomic E-state index is 12.7. The zero-order valence-electron chi connectivity index (χ0n) is 16.7. The number of carbonyl (C=O) groups excluding carboxylic acids is 1. The molecule has 4 rings (SSSR count). The fourth-order valence-corrected chi connectivity index (χ4v) is 3.82. The number of hydrogen-bond donors (Lipinski definition) is 1. The maximum Gasteiger partial charge on any atom is 0.222 e. The van der Waals surface area contributed by atoms with Crippen LogP contribution in [-0.4, -0.2) is 65.1 Å². The summed E-state index contributed by atoms with van der Waals surface area (Å²) in [6.45, 7) is 3.29. The average molecular weight is 397 g/mol. The van der Waals surface area contributed by atoms with Crippen LogP contribution in [0.3, 0.4) is 0 Å². The lowest BCUT2D eigenvalue weighted by Crippen LogP contribution is -2.36. The molecule has 29 heavy (non-hydrogen) atoms. The lowest BCUT2D eigenvalue weighted by atomic mass is 10.1. The van der Waals surface area contributed by atoms with Crippen molar-refractivity contribution in [2.45, 2.75) is 31.8 Å². The zero-order valence-corrected chi connectivity index (χ0v) is 16.7. The summed E-state index contributed by atoms with van der Waals surface area (Å²) < 4.78 is 11.2. The minimum absolute atomic E-state index is 0.191. The minimum Gasteiger partial charge on any atom is -0.486 e. The molecule has 8 heteroatoms. The summed E-state index contributed by atoms with van der Waals surface area (Å²) in [6.07, 6.45) is 3.82. The molecular formula is C21H27N5O3. The second kappa shape index (κ2) is 8.65. The van der Waals surface area contributed by atoms with Crippen LogP contribution in [0.5, 0.6) is 11.5 Å². The number of nitrogens with two attached hydrogens (primary N) is 1. The number of ether oxygens (including phenoxy) is 2. The molecule has 0 aliphatic carbocycles. The van der Waals surface area contributed by atoms with Gasteiger partial charge in [0, 0.05) is 31.7 Å². The molecule has 1 fully saturated rings. The van der Waals surface area contributed by atoms with Crippen molar-refractivity contribution in [3.05, 3.63) is 41.9 Å². The number of aromatic nitrogens is 2. The van der Waals surface area contributed by atoms with Gasteiger partial charge < -0.3 is 20.1 Å². The Morgan fingerprint density at radius 2 is 2.10 bits per heavy atom. The monoisotopic (exact) mass is 397 g/mol. The first kappa shape index (κ1) is 19.4. The van der Waals surface area contributed by atoms with E-state index in [0.29, 0.717) is 50.3 Å². The predicted octanol–water partition coefficient (Wildman–Crippen LogP) is 1.50. The maximum absolute atomic E-state index is 12.7. The SMILES string of the molecule is CN(Cc1nccc(N)n1)C1CCN(C(=O)CCc2ccc3c(c2)OCCO3)C1. The number of aryl methyl sites for hydroxylation is 1. The number of likely N-dealkylation sites (tertiary alicyclic amines) is 1. The van der Waals surface area contributed by atoms with E-state index in [4.69, 9.17) is 15.2 Å². The third-order valence-electron chi connectivity index (χ3n) is 5.49. The number of nitrogen functional groups attached to an aromatic ring is 1. The van der Waals surface area contributed by atoms with Crippen molar-refractivity contribution in [1.29, 1.82) is 0 Å². The number of benzene rings is 1. The van der Waals surface area contributed by atoms with Gasteiger partial charge in [0.2, 0.25) is 5.91 Å². The van der Waals surface area contributed by atoms with Gasteiger partial charge >= 0.3 is 0 Å². The molecule has 2 N–H and O–H groups in total. The van der Waals surface area contributed by atoms with Crippen molar-refractivity contribution in [1.82, 2.24) is 19.8 Å². The largest absolute Gasteiger partial charge is 0.486 e. The first-order chi connectivity index (χ1) is 14.1. The van der Waals surface area contributed by atoms with Gasteiger partial charge in [-0.15, -0.1) is 0 Å². The van der Waals surface area contributed by atoms with Gasteiger partial charge in [0.15, 0.2) is 11.5 Å². The molecule has 0 saturated carbocycles. The van der Waals surface area contributed by atoms with Crippen LogP contribution in [0.2, 0.25) is 0 Å². The first-order valence-electron chi connectivity index (χ1n) is 10.0.